The monoisotopic (exact) mass is 503 g/mol. The van der Waals surface area contributed by atoms with Crippen LogP contribution in [0.3, 0.4) is 0 Å². The molecule has 2 N–H and O–H groups in total. The summed E-state index contributed by atoms with van der Waals surface area (Å²) in [5.74, 6) is -0.276. The van der Waals surface area contributed by atoms with Crippen LogP contribution in [0.25, 0.3) is 10.4 Å². The fourth-order valence-corrected chi connectivity index (χ4v) is 6.11. The Morgan fingerprint density at radius 2 is 1.83 bits per heavy atom. The molecule has 7 nitrogen and oxygen atoms in total. The van der Waals surface area contributed by atoms with Crippen LogP contribution in [0.15, 0.2) is 12.3 Å². The Labute approximate surface area is 207 Å². The molecule has 1 atom stereocenters. The van der Waals surface area contributed by atoms with Gasteiger partial charge in [0.25, 0.3) is 18.2 Å². The predicted molar refractivity (Wildman–Crippen MR) is 131 cm³/mol. The van der Waals surface area contributed by atoms with Crippen LogP contribution in [0.5, 0.6) is 0 Å². The van der Waals surface area contributed by atoms with Gasteiger partial charge in [0.15, 0.2) is 5.01 Å². The number of amides is 2. The van der Waals surface area contributed by atoms with Gasteiger partial charge in [-0.3, -0.25) is 9.59 Å². The summed E-state index contributed by atoms with van der Waals surface area (Å²) < 4.78 is 28.5. The van der Waals surface area contributed by atoms with Gasteiger partial charge in [-0.2, -0.15) is 0 Å². The summed E-state index contributed by atoms with van der Waals surface area (Å²) in [5, 5.41) is 6.32. The first kappa shape index (κ1) is 24.1. The fraction of sp³-hybridized carbons (Fsp3) is 0.600. The van der Waals surface area contributed by atoms with Crippen molar-refractivity contribution in [2.75, 3.05) is 11.9 Å². The summed E-state index contributed by atoms with van der Waals surface area (Å²) in [6, 6.07) is 1.75. The summed E-state index contributed by atoms with van der Waals surface area (Å²) in [6.45, 7) is 2.56. The Morgan fingerprint density at radius 1 is 1.09 bits per heavy atom. The molecule has 0 bridgehead atoms. The van der Waals surface area contributed by atoms with Crippen LogP contribution in [0, 0.1) is 0 Å². The molecule has 2 amide bonds. The number of hydrogen-bond donors (Lipinski definition) is 2. The van der Waals surface area contributed by atoms with Gasteiger partial charge in [-0.1, -0.05) is 12.8 Å². The number of nitrogens with zero attached hydrogens (tertiary/aromatic N) is 3. The summed E-state index contributed by atoms with van der Waals surface area (Å²) in [6.07, 6.45) is 7.50. The molecule has 2 aromatic heterocycles. The molecule has 3 fully saturated rings. The highest BCUT2D eigenvalue weighted by Gasteiger charge is 2.33. The molecule has 10 heteroatoms. The van der Waals surface area contributed by atoms with Crippen molar-refractivity contribution in [3.63, 3.8) is 0 Å². The molecule has 2 saturated carbocycles. The Morgan fingerprint density at radius 3 is 2.46 bits per heavy atom. The maximum absolute atomic E-state index is 14.2. The van der Waals surface area contributed by atoms with E-state index in [1.807, 2.05) is 6.92 Å². The average Bonchev–Trinajstić information content (AvgIpc) is 3.57. The van der Waals surface area contributed by atoms with Gasteiger partial charge in [-0.15, -0.1) is 11.3 Å². The molecule has 3 heterocycles. The molecule has 0 spiro atoms. The number of alkyl halides is 2. The number of halogens is 2. The van der Waals surface area contributed by atoms with E-state index in [9.17, 15) is 18.4 Å². The molecule has 2 aliphatic carbocycles. The van der Waals surface area contributed by atoms with E-state index in [1.54, 1.807) is 4.90 Å². The van der Waals surface area contributed by atoms with Crippen molar-refractivity contribution in [2.24, 2.45) is 0 Å². The number of likely N-dealkylation sites (tertiary alicyclic amines) is 1. The average molecular weight is 504 g/mol. The van der Waals surface area contributed by atoms with Gasteiger partial charge < -0.3 is 15.5 Å². The van der Waals surface area contributed by atoms with Gasteiger partial charge in [0.2, 0.25) is 0 Å². The van der Waals surface area contributed by atoms with E-state index in [0.29, 0.717) is 12.4 Å². The number of thiazole rings is 1. The number of rotatable bonds is 7. The van der Waals surface area contributed by atoms with Crippen LogP contribution < -0.4 is 10.6 Å². The van der Waals surface area contributed by atoms with Gasteiger partial charge in [0, 0.05) is 42.0 Å². The second kappa shape index (κ2) is 10.2. The number of aromatic nitrogens is 2. The zero-order valence-electron chi connectivity index (χ0n) is 19.9. The lowest BCUT2D eigenvalue weighted by atomic mass is 9.93. The fourth-order valence-electron chi connectivity index (χ4n) is 5.11. The Balaban J connectivity index is 1.52. The lowest BCUT2D eigenvalue weighted by Crippen LogP contribution is -2.39. The topological polar surface area (TPSA) is 87.2 Å². The second-order valence-corrected chi connectivity index (χ2v) is 10.9. The van der Waals surface area contributed by atoms with Gasteiger partial charge in [-0.25, -0.2) is 18.7 Å². The maximum atomic E-state index is 14.2. The third-order valence-electron chi connectivity index (χ3n) is 7.40. The maximum Gasteiger partial charge on any atom is 0.280 e. The van der Waals surface area contributed by atoms with Gasteiger partial charge >= 0.3 is 0 Å². The van der Waals surface area contributed by atoms with Gasteiger partial charge in [-0.05, 0) is 57.9 Å². The number of carbonyl (C=O) groups excluding carboxylic acids is 2. The SMILES string of the molecule is C[C@H]1CCCN1C(=O)c1nc(C(=O)NC2CCC2)sc1-c1cnc(NC2CCCC2)cc1C(F)F. The summed E-state index contributed by atoms with van der Waals surface area (Å²) >= 11 is 0.992. The van der Waals surface area contributed by atoms with E-state index in [2.05, 4.69) is 20.6 Å². The molecule has 35 heavy (non-hydrogen) atoms. The molecule has 5 rings (SSSR count). The largest absolute Gasteiger partial charge is 0.367 e. The number of carbonyl (C=O) groups is 2. The Bertz CT molecular complexity index is 1100. The van der Waals surface area contributed by atoms with Crippen molar-refractivity contribution in [3.05, 3.63) is 28.5 Å². The minimum Gasteiger partial charge on any atom is -0.367 e. The van der Waals surface area contributed by atoms with Crippen molar-refractivity contribution in [1.29, 1.82) is 0 Å². The number of hydrogen-bond acceptors (Lipinski definition) is 6. The van der Waals surface area contributed by atoms with Crippen LogP contribution in [-0.2, 0) is 0 Å². The lowest BCUT2D eigenvalue weighted by Gasteiger charge is -2.25. The first-order valence-electron chi connectivity index (χ1n) is 12.6. The number of anilines is 1. The first-order chi connectivity index (χ1) is 16.9. The quantitative estimate of drug-likeness (QED) is 0.528. The second-order valence-electron chi connectivity index (χ2n) is 9.87. The highest BCUT2D eigenvalue weighted by Crippen LogP contribution is 2.39. The molecular weight excluding hydrogens is 472 g/mol. The lowest BCUT2D eigenvalue weighted by molar-refractivity contribution is 0.0743. The molecule has 2 aromatic rings. The smallest absolute Gasteiger partial charge is 0.280 e. The zero-order chi connectivity index (χ0) is 24.5. The molecular formula is C25H31F2N5O2S. The van der Waals surface area contributed by atoms with Crippen molar-refractivity contribution < 1.29 is 18.4 Å². The molecule has 0 radical (unpaired) electrons. The van der Waals surface area contributed by atoms with Crippen LogP contribution in [-0.4, -0.2) is 51.4 Å². The zero-order valence-corrected chi connectivity index (χ0v) is 20.7. The molecule has 1 aliphatic heterocycles. The first-order valence-corrected chi connectivity index (χ1v) is 13.4. The molecule has 3 aliphatic rings. The third kappa shape index (κ3) is 5.03. The molecule has 0 aromatic carbocycles. The van der Waals surface area contributed by atoms with Crippen LogP contribution in [0.2, 0.25) is 0 Å². The third-order valence-corrected chi connectivity index (χ3v) is 8.49. The van der Waals surface area contributed by atoms with Crippen molar-refractivity contribution in [3.8, 4) is 10.4 Å². The van der Waals surface area contributed by atoms with E-state index < -0.39 is 6.43 Å². The minimum absolute atomic E-state index is 0.0370. The highest BCUT2D eigenvalue weighted by molar-refractivity contribution is 7.17. The standard InChI is InChI=1S/C25H31F2N5O2S/c1-14-6-5-11-32(14)25(34)20-21(35-24(31-20)23(33)30-16-9-4-10-16)18-13-28-19(12-17(18)22(26)27)29-15-7-2-3-8-15/h12-16,22H,2-11H2,1H3,(H,28,29)(H,30,33)/t14-/m0/s1. The van der Waals surface area contributed by atoms with Gasteiger partial charge in [0.05, 0.1) is 4.88 Å². The van der Waals surface area contributed by atoms with E-state index in [0.717, 1.165) is 69.1 Å². The highest BCUT2D eigenvalue weighted by atomic mass is 32.1. The minimum atomic E-state index is -2.76. The van der Waals surface area contributed by atoms with Crippen LogP contribution in [0.1, 0.15) is 97.0 Å². The number of pyridine rings is 1. The molecule has 0 unspecified atom stereocenters. The van der Waals surface area contributed by atoms with E-state index in [1.165, 1.54) is 12.3 Å². The van der Waals surface area contributed by atoms with Crippen molar-refractivity contribution >= 4 is 29.0 Å². The Hall–Kier alpha value is -2.62. The summed E-state index contributed by atoms with van der Waals surface area (Å²) in [5.41, 5.74) is 0.00805. The molecule has 188 valence electrons. The van der Waals surface area contributed by atoms with E-state index >= 15 is 0 Å². The normalized spacial score (nSPS) is 20.9. The van der Waals surface area contributed by atoms with E-state index in [-0.39, 0.29) is 56.6 Å². The van der Waals surface area contributed by atoms with E-state index in [4.69, 9.17) is 0 Å². The predicted octanol–water partition coefficient (Wildman–Crippen LogP) is 5.40. The van der Waals surface area contributed by atoms with Gasteiger partial charge in [0.1, 0.15) is 11.5 Å². The van der Waals surface area contributed by atoms with Crippen molar-refractivity contribution in [1.82, 2.24) is 20.2 Å². The van der Waals surface area contributed by atoms with Crippen molar-refractivity contribution in [2.45, 2.75) is 89.3 Å². The summed E-state index contributed by atoms with van der Waals surface area (Å²) in [7, 11) is 0. The molecule has 1 saturated heterocycles. The number of nitrogens with one attached hydrogen (secondary N) is 2. The Kier molecular flexibility index (Phi) is 7.00. The van der Waals surface area contributed by atoms with Crippen LogP contribution in [0.4, 0.5) is 14.6 Å². The summed E-state index contributed by atoms with van der Waals surface area (Å²) in [4.78, 5) is 37.1. The van der Waals surface area contributed by atoms with Crippen LogP contribution >= 0.6 is 11.3 Å².